The van der Waals surface area contributed by atoms with Crippen LogP contribution in [0.4, 0.5) is 0 Å². The first-order valence-electron chi connectivity index (χ1n) is 6.13. The van der Waals surface area contributed by atoms with Gasteiger partial charge in [0.15, 0.2) is 0 Å². The molecule has 1 N–H and O–H groups in total. The van der Waals surface area contributed by atoms with Crippen LogP contribution in [0.2, 0.25) is 0 Å². The Morgan fingerprint density at radius 3 is 2.67 bits per heavy atom. The molecule has 15 heavy (non-hydrogen) atoms. The van der Waals surface area contributed by atoms with Gasteiger partial charge in [0.25, 0.3) is 0 Å². The van der Waals surface area contributed by atoms with E-state index >= 15 is 0 Å². The minimum atomic E-state index is 0.415. The molecular weight excluding hydrogens is 186 g/mol. The minimum absolute atomic E-state index is 0.415. The van der Waals surface area contributed by atoms with Crippen LogP contribution in [0, 0.1) is 11.3 Å². The standard InChI is InChI=1S/C12H23N3/c1-3-10-15(11(2)4-7-13)12-5-8-14-9-6-12/h11-12,14H,3-6,8-10H2,1-2H3. The fourth-order valence-electron chi connectivity index (χ4n) is 2.41. The zero-order valence-corrected chi connectivity index (χ0v) is 10.00. The topological polar surface area (TPSA) is 39.1 Å². The van der Waals surface area contributed by atoms with Crippen molar-refractivity contribution >= 4 is 0 Å². The first-order chi connectivity index (χ1) is 7.29. The van der Waals surface area contributed by atoms with E-state index in [1.54, 1.807) is 0 Å². The third kappa shape index (κ3) is 3.81. The molecular formula is C12H23N3. The number of nitriles is 1. The molecule has 0 radical (unpaired) electrons. The Labute approximate surface area is 93.5 Å². The lowest BCUT2D eigenvalue weighted by atomic mass is 10.0. The largest absolute Gasteiger partial charge is 0.317 e. The normalized spacial score (nSPS) is 20.1. The van der Waals surface area contributed by atoms with Crippen molar-refractivity contribution < 1.29 is 0 Å². The molecule has 3 heteroatoms. The Morgan fingerprint density at radius 2 is 2.13 bits per heavy atom. The highest BCUT2D eigenvalue weighted by molar-refractivity contribution is 4.85. The smallest absolute Gasteiger partial charge is 0.0638 e. The second-order valence-corrected chi connectivity index (χ2v) is 4.43. The summed E-state index contributed by atoms with van der Waals surface area (Å²) >= 11 is 0. The van der Waals surface area contributed by atoms with Crippen molar-refractivity contribution in [3.8, 4) is 6.07 Å². The summed E-state index contributed by atoms with van der Waals surface area (Å²) in [5.41, 5.74) is 0. The number of nitrogens with one attached hydrogen (secondary N) is 1. The average Bonchev–Trinajstić information content (AvgIpc) is 2.27. The molecule has 86 valence electrons. The van der Waals surface area contributed by atoms with Gasteiger partial charge in [-0.2, -0.15) is 5.26 Å². The van der Waals surface area contributed by atoms with Gasteiger partial charge >= 0.3 is 0 Å². The highest BCUT2D eigenvalue weighted by Gasteiger charge is 2.23. The van der Waals surface area contributed by atoms with Crippen LogP contribution >= 0.6 is 0 Å². The molecule has 0 aromatic heterocycles. The lowest BCUT2D eigenvalue weighted by Gasteiger charge is -2.38. The van der Waals surface area contributed by atoms with E-state index in [1.165, 1.54) is 19.3 Å². The van der Waals surface area contributed by atoms with Gasteiger partial charge in [0.1, 0.15) is 0 Å². The van der Waals surface area contributed by atoms with Crippen LogP contribution in [0.5, 0.6) is 0 Å². The first-order valence-corrected chi connectivity index (χ1v) is 6.13. The van der Waals surface area contributed by atoms with Gasteiger partial charge in [0.05, 0.1) is 12.5 Å². The zero-order valence-electron chi connectivity index (χ0n) is 10.00. The molecule has 3 nitrogen and oxygen atoms in total. The summed E-state index contributed by atoms with van der Waals surface area (Å²) in [6.45, 7) is 7.79. The molecule has 0 spiro atoms. The summed E-state index contributed by atoms with van der Waals surface area (Å²) in [7, 11) is 0. The highest BCUT2D eigenvalue weighted by atomic mass is 15.2. The quantitative estimate of drug-likeness (QED) is 0.750. The van der Waals surface area contributed by atoms with Crippen LogP contribution in [0.15, 0.2) is 0 Å². The SMILES string of the molecule is CCCN(C(C)CC#N)C1CCNCC1. The van der Waals surface area contributed by atoms with Crippen molar-refractivity contribution in [3.05, 3.63) is 0 Å². The van der Waals surface area contributed by atoms with E-state index in [0.717, 1.165) is 19.6 Å². The number of hydrogen-bond donors (Lipinski definition) is 1. The fourth-order valence-corrected chi connectivity index (χ4v) is 2.41. The molecule has 1 fully saturated rings. The monoisotopic (exact) mass is 209 g/mol. The Balaban J connectivity index is 2.51. The number of rotatable bonds is 5. The molecule has 0 aliphatic carbocycles. The van der Waals surface area contributed by atoms with Crippen LogP contribution in [0.3, 0.4) is 0 Å². The van der Waals surface area contributed by atoms with E-state index in [4.69, 9.17) is 5.26 Å². The summed E-state index contributed by atoms with van der Waals surface area (Å²) in [5.74, 6) is 0. The minimum Gasteiger partial charge on any atom is -0.317 e. The number of piperidine rings is 1. The van der Waals surface area contributed by atoms with Crippen molar-refractivity contribution in [1.82, 2.24) is 10.2 Å². The molecule has 0 saturated carbocycles. The van der Waals surface area contributed by atoms with E-state index < -0.39 is 0 Å². The zero-order chi connectivity index (χ0) is 11.1. The van der Waals surface area contributed by atoms with Gasteiger partial charge in [-0.15, -0.1) is 0 Å². The molecule has 0 amide bonds. The number of hydrogen-bond acceptors (Lipinski definition) is 3. The maximum absolute atomic E-state index is 8.76. The second kappa shape index (κ2) is 6.81. The van der Waals surface area contributed by atoms with E-state index in [9.17, 15) is 0 Å². The summed E-state index contributed by atoms with van der Waals surface area (Å²) < 4.78 is 0. The van der Waals surface area contributed by atoms with Gasteiger partial charge in [-0.1, -0.05) is 6.92 Å². The maximum atomic E-state index is 8.76. The molecule has 1 aliphatic rings. The lowest BCUT2D eigenvalue weighted by molar-refractivity contribution is 0.119. The highest BCUT2D eigenvalue weighted by Crippen LogP contribution is 2.17. The Hall–Kier alpha value is -0.590. The van der Waals surface area contributed by atoms with E-state index in [-0.39, 0.29) is 0 Å². The van der Waals surface area contributed by atoms with Crippen LogP contribution in [-0.2, 0) is 0 Å². The lowest BCUT2D eigenvalue weighted by Crippen LogP contribution is -2.47. The summed E-state index contributed by atoms with van der Waals surface area (Å²) in [5, 5.41) is 12.2. The van der Waals surface area contributed by atoms with E-state index in [1.807, 2.05) is 0 Å². The molecule has 0 aromatic carbocycles. The van der Waals surface area contributed by atoms with Crippen molar-refractivity contribution in [2.75, 3.05) is 19.6 Å². The van der Waals surface area contributed by atoms with Gasteiger partial charge in [-0.25, -0.2) is 0 Å². The second-order valence-electron chi connectivity index (χ2n) is 4.43. The average molecular weight is 209 g/mol. The van der Waals surface area contributed by atoms with Crippen LogP contribution in [-0.4, -0.2) is 36.6 Å². The van der Waals surface area contributed by atoms with E-state index in [2.05, 4.69) is 30.1 Å². The Bertz CT molecular complexity index is 203. The van der Waals surface area contributed by atoms with Crippen LogP contribution < -0.4 is 5.32 Å². The van der Waals surface area contributed by atoms with Gasteiger partial charge in [-0.3, -0.25) is 4.90 Å². The molecule has 1 atom stereocenters. The third-order valence-corrected chi connectivity index (χ3v) is 3.21. The molecule has 0 bridgehead atoms. The first kappa shape index (κ1) is 12.5. The number of nitrogens with zero attached hydrogens (tertiary/aromatic N) is 2. The van der Waals surface area contributed by atoms with Crippen molar-refractivity contribution in [1.29, 1.82) is 5.26 Å². The Kier molecular flexibility index (Phi) is 5.67. The van der Waals surface area contributed by atoms with Gasteiger partial charge in [0, 0.05) is 12.1 Å². The predicted molar refractivity (Wildman–Crippen MR) is 62.6 cm³/mol. The molecule has 1 saturated heterocycles. The molecule has 1 aliphatic heterocycles. The summed E-state index contributed by atoms with van der Waals surface area (Å²) in [6.07, 6.45) is 4.30. The van der Waals surface area contributed by atoms with Crippen molar-refractivity contribution in [3.63, 3.8) is 0 Å². The predicted octanol–water partition coefficient (Wildman–Crippen LogP) is 1.75. The van der Waals surface area contributed by atoms with Gasteiger partial charge in [0.2, 0.25) is 0 Å². The van der Waals surface area contributed by atoms with Crippen molar-refractivity contribution in [2.24, 2.45) is 0 Å². The van der Waals surface area contributed by atoms with Crippen LogP contribution in [0.1, 0.15) is 39.5 Å². The van der Waals surface area contributed by atoms with E-state index in [0.29, 0.717) is 18.5 Å². The summed E-state index contributed by atoms with van der Waals surface area (Å²) in [4.78, 5) is 2.53. The third-order valence-electron chi connectivity index (χ3n) is 3.21. The van der Waals surface area contributed by atoms with Gasteiger partial charge < -0.3 is 5.32 Å². The van der Waals surface area contributed by atoms with Gasteiger partial charge in [-0.05, 0) is 45.8 Å². The molecule has 1 heterocycles. The summed E-state index contributed by atoms with van der Waals surface area (Å²) in [6, 6.07) is 3.39. The molecule has 1 rings (SSSR count). The fraction of sp³-hybridized carbons (Fsp3) is 0.917. The molecule has 1 unspecified atom stereocenters. The van der Waals surface area contributed by atoms with Crippen molar-refractivity contribution in [2.45, 2.75) is 51.6 Å². The maximum Gasteiger partial charge on any atom is 0.0638 e. The molecule has 0 aromatic rings. The Morgan fingerprint density at radius 1 is 1.47 bits per heavy atom. The van der Waals surface area contributed by atoms with Crippen LogP contribution in [0.25, 0.3) is 0 Å².